The monoisotopic (exact) mass is 379 g/mol. The topological polar surface area (TPSA) is 54.5 Å². The second kappa shape index (κ2) is 6.79. The highest BCUT2D eigenvalue weighted by Gasteiger charge is 2.21. The molecule has 8 heteroatoms. The van der Waals surface area contributed by atoms with Crippen molar-refractivity contribution in [2.75, 3.05) is 31.1 Å². The van der Waals surface area contributed by atoms with Crippen molar-refractivity contribution in [2.24, 2.45) is 7.05 Å². The van der Waals surface area contributed by atoms with Gasteiger partial charge in [-0.05, 0) is 22.4 Å². The van der Waals surface area contributed by atoms with E-state index < -0.39 is 0 Å². The van der Waals surface area contributed by atoms with E-state index in [0.717, 1.165) is 55.4 Å². The first-order valence-corrected chi connectivity index (χ1v) is 10.0. The van der Waals surface area contributed by atoms with E-state index in [4.69, 9.17) is 0 Å². The minimum Gasteiger partial charge on any atom is -0.351 e. The first-order valence-electron chi connectivity index (χ1n) is 9.07. The lowest BCUT2D eigenvalue weighted by molar-refractivity contribution is 0.249. The van der Waals surface area contributed by atoms with Gasteiger partial charge in [-0.3, -0.25) is 14.0 Å². The Morgan fingerprint density at radius 1 is 1.11 bits per heavy atom. The Bertz CT molecular complexity index is 1040. The Morgan fingerprint density at radius 2 is 2.00 bits per heavy atom. The first kappa shape index (κ1) is 16.5. The molecule has 0 amide bonds. The van der Waals surface area contributed by atoms with E-state index in [2.05, 4.69) is 46.1 Å². The second-order valence-corrected chi connectivity index (χ2v) is 7.67. The molecule has 138 valence electrons. The summed E-state index contributed by atoms with van der Waals surface area (Å²) >= 11 is 1.76. The van der Waals surface area contributed by atoms with Gasteiger partial charge in [-0.15, -0.1) is 0 Å². The highest BCUT2D eigenvalue weighted by molar-refractivity contribution is 7.07. The lowest BCUT2D eigenvalue weighted by Crippen LogP contribution is -2.46. The molecular formula is C19H21N7S. The molecule has 0 bridgehead atoms. The zero-order chi connectivity index (χ0) is 18.2. The van der Waals surface area contributed by atoms with Crippen LogP contribution in [0.25, 0.3) is 16.9 Å². The average molecular weight is 379 g/mol. The maximum absolute atomic E-state index is 4.67. The van der Waals surface area contributed by atoms with Gasteiger partial charge >= 0.3 is 0 Å². The molecule has 1 fully saturated rings. The molecule has 0 spiro atoms. The summed E-state index contributed by atoms with van der Waals surface area (Å²) in [7, 11) is 1.93. The average Bonchev–Trinajstić information content (AvgIpc) is 3.43. The molecule has 0 aliphatic carbocycles. The van der Waals surface area contributed by atoms with Crippen LogP contribution in [0.2, 0.25) is 0 Å². The molecular weight excluding hydrogens is 358 g/mol. The molecule has 0 radical (unpaired) electrons. The maximum atomic E-state index is 4.67. The lowest BCUT2D eigenvalue weighted by atomic mass is 10.2. The fraction of sp³-hybridized carbons (Fsp3) is 0.316. The van der Waals surface area contributed by atoms with Crippen LogP contribution in [0.3, 0.4) is 0 Å². The Morgan fingerprint density at radius 3 is 2.74 bits per heavy atom. The smallest absolute Gasteiger partial charge is 0.180 e. The van der Waals surface area contributed by atoms with Crippen molar-refractivity contribution < 1.29 is 0 Å². The SMILES string of the molecule is Cn1cc(-c2cnc3c(N4CCN(Cc5ccsc5)CC4)nccn23)cn1. The molecule has 4 aromatic heterocycles. The molecule has 27 heavy (non-hydrogen) atoms. The van der Waals surface area contributed by atoms with Crippen molar-refractivity contribution in [3.05, 3.63) is 53.4 Å². The quantitative estimate of drug-likeness (QED) is 0.545. The Balaban J connectivity index is 1.37. The predicted molar refractivity (Wildman–Crippen MR) is 107 cm³/mol. The maximum Gasteiger partial charge on any atom is 0.180 e. The van der Waals surface area contributed by atoms with Crippen molar-refractivity contribution in [3.63, 3.8) is 0 Å². The highest BCUT2D eigenvalue weighted by atomic mass is 32.1. The lowest BCUT2D eigenvalue weighted by Gasteiger charge is -2.35. The Kier molecular flexibility index (Phi) is 4.14. The van der Waals surface area contributed by atoms with Gasteiger partial charge in [0.2, 0.25) is 0 Å². The summed E-state index contributed by atoms with van der Waals surface area (Å²) in [6, 6.07) is 2.21. The number of aromatic nitrogens is 5. The fourth-order valence-electron chi connectivity index (χ4n) is 3.65. The normalized spacial score (nSPS) is 15.7. The second-order valence-electron chi connectivity index (χ2n) is 6.89. The van der Waals surface area contributed by atoms with E-state index in [1.165, 1.54) is 5.56 Å². The Labute approximate surface area is 161 Å². The van der Waals surface area contributed by atoms with E-state index in [0.29, 0.717) is 0 Å². The van der Waals surface area contributed by atoms with Crippen LogP contribution in [-0.2, 0) is 13.6 Å². The van der Waals surface area contributed by atoms with Gasteiger partial charge in [-0.2, -0.15) is 16.4 Å². The number of piperazine rings is 1. The van der Waals surface area contributed by atoms with E-state index >= 15 is 0 Å². The molecule has 0 saturated carbocycles. The molecule has 0 atom stereocenters. The standard InChI is InChI=1S/C19H21N7S/c1-23-13-16(10-22-23)17-11-21-19-18(20-3-4-26(17)19)25-7-5-24(6-8-25)12-15-2-9-27-14-15/h2-4,9-11,13-14H,5-8,12H2,1H3. The number of hydrogen-bond donors (Lipinski definition) is 0. The van der Waals surface area contributed by atoms with Crippen LogP contribution in [0.1, 0.15) is 5.56 Å². The van der Waals surface area contributed by atoms with Crippen LogP contribution in [0, 0.1) is 0 Å². The van der Waals surface area contributed by atoms with Crippen molar-refractivity contribution >= 4 is 22.8 Å². The van der Waals surface area contributed by atoms with E-state index in [1.807, 2.05) is 42.7 Å². The van der Waals surface area contributed by atoms with Crippen LogP contribution in [0.5, 0.6) is 0 Å². The number of aryl methyl sites for hydroxylation is 1. The van der Waals surface area contributed by atoms with Crippen molar-refractivity contribution in [3.8, 4) is 11.3 Å². The molecule has 0 N–H and O–H groups in total. The van der Waals surface area contributed by atoms with Gasteiger partial charge in [0.1, 0.15) is 0 Å². The molecule has 7 nitrogen and oxygen atoms in total. The summed E-state index contributed by atoms with van der Waals surface area (Å²) < 4.78 is 3.92. The summed E-state index contributed by atoms with van der Waals surface area (Å²) in [6.45, 7) is 5.03. The van der Waals surface area contributed by atoms with Gasteiger partial charge < -0.3 is 4.90 Å². The highest BCUT2D eigenvalue weighted by Crippen LogP contribution is 2.25. The van der Waals surface area contributed by atoms with Crippen LogP contribution in [0.15, 0.2) is 47.8 Å². The summed E-state index contributed by atoms with van der Waals surface area (Å²) in [5.41, 5.74) is 4.41. The minimum absolute atomic E-state index is 0.905. The van der Waals surface area contributed by atoms with Crippen molar-refractivity contribution in [1.82, 2.24) is 29.0 Å². The summed E-state index contributed by atoms with van der Waals surface area (Å²) in [5, 5.41) is 8.66. The molecule has 1 aliphatic rings. The third kappa shape index (κ3) is 3.11. The van der Waals surface area contributed by atoms with E-state index in [-0.39, 0.29) is 0 Å². The molecule has 0 aromatic carbocycles. The number of anilines is 1. The Hall–Kier alpha value is -2.71. The summed E-state index contributed by atoms with van der Waals surface area (Å²) in [6.07, 6.45) is 9.62. The van der Waals surface area contributed by atoms with Crippen molar-refractivity contribution in [1.29, 1.82) is 0 Å². The fourth-order valence-corrected chi connectivity index (χ4v) is 4.31. The third-order valence-corrected chi connectivity index (χ3v) is 5.80. The van der Waals surface area contributed by atoms with Crippen LogP contribution in [-0.4, -0.2) is 55.2 Å². The minimum atomic E-state index is 0.905. The summed E-state index contributed by atoms with van der Waals surface area (Å²) in [4.78, 5) is 14.2. The number of nitrogens with zero attached hydrogens (tertiary/aromatic N) is 7. The molecule has 1 aliphatic heterocycles. The number of hydrogen-bond acceptors (Lipinski definition) is 6. The van der Waals surface area contributed by atoms with E-state index in [9.17, 15) is 0 Å². The largest absolute Gasteiger partial charge is 0.351 e. The predicted octanol–water partition coefficient (Wildman–Crippen LogP) is 2.51. The number of rotatable bonds is 4. The third-order valence-electron chi connectivity index (χ3n) is 5.07. The zero-order valence-corrected chi connectivity index (χ0v) is 16.0. The molecule has 4 aromatic rings. The van der Waals surface area contributed by atoms with Gasteiger partial charge in [0.25, 0.3) is 0 Å². The van der Waals surface area contributed by atoms with Gasteiger partial charge in [-0.1, -0.05) is 0 Å². The molecule has 0 unspecified atom stereocenters. The van der Waals surface area contributed by atoms with Crippen LogP contribution < -0.4 is 4.90 Å². The van der Waals surface area contributed by atoms with Crippen LogP contribution in [0.4, 0.5) is 5.82 Å². The number of fused-ring (bicyclic) bond motifs is 1. The van der Waals surface area contributed by atoms with Crippen LogP contribution >= 0.6 is 11.3 Å². The first-order chi connectivity index (χ1) is 13.3. The number of imidazole rings is 1. The van der Waals surface area contributed by atoms with E-state index in [1.54, 1.807) is 11.3 Å². The number of thiophene rings is 1. The zero-order valence-electron chi connectivity index (χ0n) is 15.2. The molecule has 1 saturated heterocycles. The van der Waals surface area contributed by atoms with Gasteiger partial charge in [0.05, 0.1) is 18.1 Å². The molecule has 5 rings (SSSR count). The van der Waals surface area contributed by atoms with Gasteiger partial charge in [0.15, 0.2) is 11.5 Å². The van der Waals surface area contributed by atoms with Crippen molar-refractivity contribution in [2.45, 2.75) is 6.54 Å². The van der Waals surface area contributed by atoms with Gasteiger partial charge in [-0.25, -0.2) is 9.97 Å². The summed E-state index contributed by atoms with van der Waals surface area (Å²) in [5.74, 6) is 0.961. The molecule has 5 heterocycles. The van der Waals surface area contributed by atoms with Gasteiger partial charge in [0, 0.05) is 63.9 Å².